The second kappa shape index (κ2) is 6.64. The molecular formula is C15H17F2N3O6. The number of esters is 1. The molecule has 1 fully saturated rings. The summed E-state index contributed by atoms with van der Waals surface area (Å²) in [5.41, 5.74) is 1.27. The van der Waals surface area contributed by atoms with Gasteiger partial charge >= 0.3 is 11.7 Å². The van der Waals surface area contributed by atoms with Gasteiger partial charge in [-0.3, -0.25) is 14.1 Å². The zero-order valence-corrected chi connectivity index (χ0v) is 13.8. The molecule has 26 heavy (non-hydrogen) atoms. The zero-order valence-electron chi connectivity index (χ0n) is 13.8. The highest BCUT2D eigenvalue weighted by Gasteiger charge is 2.65. The third-order valence-electron chi connectivity index (χ3n) is 3.82. The molecule has 0 radical (unpaired) electrons. The van der Waals surface area contributed by atoms with Crippen LogP contribution in [-0.2, 0) is 20.0 Å². The maximum atomic E-state index is 15.0. The Morgan fingerprint density at radius 3 is 2.73 bits per heavy atom. The molecule has 1 aromatic heterocycles. The lowest BCUT2D eigenvalue weighted by Gasteiger charge is -2.28. The minimum absolute atomic E-state index is 0.290. The van der Waals surface area contributed by atoms with Crippen LogP contribution in [-0.4, -0.2) is 50.4 Å². The summed E-state index contributed by atoms with van der Waals surface area (Å²) in [4.78, 5) is 26.6. The van der Waals surface area contributed by atoms with Crippen molar-refractivity contribution < 1.29 is 33.3 Å². The molecule has 0 unspecified atom stereocenters. The van der Waals surface area contributed by atoms with E-state index in [1.54, 1.807) is 0 Å². The summed E-state index contributed by atoms with van der Waals surface area (Å²) in [6.07, 6.45) is 1.21. The van der Waals surface area contributed by atoms with Crippen LogP contribution in [0.25, 0.3) is 0 Å². The van der Waals surface area contributed by atoms with Gasteiger partial charge in [-0.2, -0.15) is 4.98 Å². The van der Waals surface area contributed by atoms with Gasteiger partial charge in [-0.25, -0.2) is 13.6 Å². The van der Waals surface area contributed by atoms with Gasteiger partial charge in [0.05, 0.1) is 12.1 Å². The standard InChI is InChI=1S/C15H17F2N3O6/c1-4-15(20-5-8(16)11(18)19-13(20)24)10(22)9(21)14(17,26-15)6-25-12(23)7(2)3/h1,5,7,9-10,21-22H,6H2,2-3H3,(H2,18,19,24)/t9-,10+,14+,15+/m0/s1. The van der Waals surface area contributed by atoms with Crippen LogP contribution < -0.4 is 11.4 Å². The number of aromatic nitrogens is 2. The molecule has 11 heteroatoms. The first-order chi connectivity index (χ1) is 12.0. The van der Waals surface area contributed by atoms with Crippen molar-refractivity contribution >= 4 is 11.8 Å². The van der Waals surface area contributed by atoms with Crippen LogP contribution in [0.2, 0.25) is 0 Å². The van der Waals surface area contributed by atoms with Gasteiger partial charge in [0.25, 0.3) is 5.85 Å². The molecule has 0 bridgehead atoms. The number of nitrogens with two attached hydrogens (primary N) is 1. The number of alkyl halides is 1. The predicted molar refractivity (Wildman–Crippen MR) is 82.4 cm³/mol. The average Bonchev–Trinajstić information content (AvgIpc) is 2.78. The van der Waals surface area contributed by atoms with Crippen LogP contribution in [0.15, 0.2) is 11.0 Å². The summed E-state index contributed by atoms with van der Waals surface area (Å²) >= 11 is 0. The molecule has 0 amide bonds. The van der Waals surface area contributed by atoms with Gasteiger partial charge in [0.15, 0.2) is 18.2 Å². The molecule has 1 aliphatic heterocycles. The Kier molecular flexibility index (Phi) is 5.05. The molecule has 2 heterocycles. The summed E-state index contributed by atoms with van der Waals surface area (Å²) in [6.45, 7) is 1.86. The first-order valence-electron chi connectivity index (χ1n) is 7.43. The minimum atomic E-state index is -3.16. The monoisotopic (exact) mass is 373 g/mol. The number of ether oxygens (including phenoxy) is 2. The summed E-state index contributed by atoms with van der Waals surface area (Å²) in [5.74, 6) is -4.67. The number of terminal acetylenes is 1. The number of carbonyl (C=O) groups excluding carboxylic acids is 1. The number of hydrogen-bond acceptors (Lipinski definition) is 8. The first kappa shape index (κ1) is 19.8. The van der Waals surface area contributed by atoms with Crippen LogP contribution >= 0.6 is 0 Å². The van der Waals surface area contributed by atoms with Crippen molar-refractivity contribution in [3.63, 3.8) is 0 Å². The van der Waals surface area contributed by atoms with Crippen LogP contribution in [0, 0.1) is 24.1 Å². The van der Waals surface area contributed by atoms with Gasteiger partial charge in [0.2, 0.25) is 5.72 Å². The fourth-order valence-corrected chi connectivity index (χ4v) is 2.34. The third-order valence-corrected chi connectivity index (χ3v) is 3.82. The van der Waals surface area contributed by atoms with Crippen LogP contribution in [0.4, 0.5) is 14.6 Å². The van der Waals surface area contributed by atoms with E-state index in [1.807, 2.05) is 5.92 Å². The molecule has 1 saturated heterocycles. The van der Waals surface area contributed by atoms with Gasteiger partial charge in [-0.05, 0) is 5.92 Å². The lowest BCUT2D eigenvalue weighted by molar-refractivity contribution is -0.234. The quantitative estimate of drug-likeness (QED) is 0.445. The molecule has 4 atom stereocenters. The van der Waals surface area contributed by atoms with Crippen LogP contribution in [0.1, 0.15) is 13.8 Å². The van der Waals surface area contributed by atoms with Gasteiger partial charge in [-0.1, -0.05) is 13.8 Å². The maximum absolute atomic E-state index is 15.0. The summed E-state index contributed by atoms with van der Waals surface area (Å²) < 4.78 is 38.6. The predicted octanol–water partition coefficient (Wildman–Crippen LogP) is -1.13. The third kappa shape index (κ3) is 3.03. The average molecular weight is 373 g/mol. The molecule has 4 N–H and O–H groups in total. The summed E-state index contributed by atoms with van der Waals surface area (Å²) in [6, 6.07) is 0. The van der Waals surface area contributed by atoms with Crippen molar-refractivity contribution in [3.8, 4) is 12.3 Å². The lowest BCUT2D eigenvalue weighted by Crippen LogP contribution is -2.50. The second-order valence-electron chi connectivity index (χ2n) is 6.01. The van der Waals surface area contributed by atoms with E-state index in [0.29, 0.717) is 6.20 Å². The van der Waals surface area contributed by atoms with E-state index in [1.165, 1.54) is 13.8 Å². The zero-order chi connectivity index (χ0) is 19.9. The van der Waals surface area contributed by atoms with E-state index in [-0.39, 0.29) is 4.57 Å². The number of halogens is 2. The van der Waals surface area contributed by atoms with E-state index in [4.69, 9.17) is 16.9 Å². The second-order valence-corrected chi connectivity index (χ2v) is 6.01. The molecule has 0 spiro atoms. The van der Waals surface area contributed by atoms with Crippen molar-refractivity contribution in [1.82, 2.24) is 9.55 Å². The fraction of sp³-hybridized carbons (Fsp3) is 0.533. The molecule has 1 aromatic rings. The van der Waals surface area contributed by atoms with Gasteiger partial charge in [0.1, 0.15) is 12.2 Å². The van der Waals surface area contributed by atoms with Crippen LogP contribution in [0.5, 0.6) is 0 Å². The van der Waals surface area contributed by atoms with E-state index in [0.717, 1.165) is 0 Å². The number of rotatable bonds is 4. The van der Waals surface area contributed by atoms with E-state index in [9.17, 15) is 24.2 Å². The Balaban J connectivity index is 2.46. The number of nitrogen functional groups attached to an aromatic ring is 1. The number of aliphatic hydroxyl groups excluding tert-OH is 2. The first-order valence-corrected chi connectivity index (χ1v) is 7.43. The number of hydrogen-bond donors (Lipinski definition) is 3. The highest BCUT2D eigenvalue weighted by molar-refractivity contribution is 5.71. The molecule has 9 nitrogen and oxygen atoms in total. The molecule has 0 saturated carbocycles. The van der Waals surface area contributed by atoms with Crippen molar-refractivity contribution in [2.75, 3.05) is 12.3 Å². The summed E-state index contributed by atoms with van der Waals surface area (Å²) in [5, 5.41) is 20.2. The van der Waals surface area contributed by atoms with Crippen LogP contribution in [0.3, 0.4) is 0 Å². The molecule has 0 aliphatic carbocycles. The largest absolute Gasteiger partial charge is 0.459 e. The number of aliphatic hydroxyl groups is 2. The Bertz CT molecular complexity index is 823. The Hall–Kier alpha value is -2.55. The molecule has 1 aliphatic rings. The van der Waals surface area contributed by atoms with E-state index >= 15 is 4.39 Å². The van der Waals surface area contributed by atoms with Crippen molar-refractivity contribution in [2.45, 2.75) is 37.6 Å². The topological polar surface area (TPSA) is 137 Å². The van der Waals surface area contributed by atoms with Gasteiger partial charge in [0, 0.05) is 0 Å². The highest BCUT2D eigenvalue weighted by Crippen LogP contribution is 2.42. The lowest BCUT2D eigenvalue weighted by atomic mass is 10.0. The van der Waals surface area contributed by atoms with Gasteiger partial charge in [-0.15, -0.1) is 6.42 Å². The SMILES string of the molecule is C#C[C@@]1(n2cc(F)c(N)nc2=O)O[C@](F)(COC(=O)C(C)C)[C@@H](O)[C@H]1O. The Labute approximate surface area is 146 Å². The van der Waals surface area contributed by atoms with Crippen molar-refractivity contribution in [1.29, 1.82) is 0 Å². The highest BCUT2D eigenvalue weighted by atomic mass is 19.2. The molecular weight excluding hydrogens is 356 g/mol. The normalized spacial score (nSPS) is 31.0. The fourth-order valence-electron chi connectivity index (χ4n) is 2.34. The Morgan fingerprint density at radius 1 is 1.58 bits per heavy atom. The van der Waals surface area contributed by atoms with Crippen molar-refractivity contribution in [2.24, 2.45) is 5.92 Å². The van der Waals surface area contributed by atoms with E-state index in [2.05, 4.69) is 9.72 Å². The molecule has 0 aromatic carbocycles. The maximum Gasteiger partial charge on any atom is 0.352 e. The molecule has 142 valence electrons. The van der Waals surface area contributed by atoms with E-state index < -0.39 is 59.6 Å². The summed E-state index contributed by atoms with van der Waals surface area (Å²) in [7, 11) is 0. The minimum Gasteiger partial charge on any atom is -0.459 e. The number of anilines is 1. The van der Waals surface area contributed by atoms with Crippen molar-refractivity contribution in [3.05, 3.63) is 22.5 Å². The number of carbonyl (C=O) groups is 1. The smallest absolute Gasteiger partial charge is 0.352 e. The van der Waals surface area contributed by atoms with Gasteiger partial charge < -0.3 is 20.7 Å². The molecule has 2 rings (SSSR count). The number of nitrogens with zero attached hydrogens (tertiary/aromatic N) is 2. The Morgan fingerprint density at radius 2 is 2.19 bits per heavy atom.